The van der Waals surface area contributed by atoms with Crippen LogP contribution < -0.4 is 16.0 Å². The largest absolute Gasteiger partial charge is 0.357 e. The first-order chi connectivity index (χ1) is 13.0. The van der Waals surface area contributed by atoms with Gasteiger partial charge in [-0.15, -0.1) is 0 Å². The van der Waals surface area contributed by atoms with Gasteiger partial charge in [0.1, 0.15) is 12.2 Å². The minimum absolute atomic E-state index is 0.0318. The molecule has 0 saturated carbocycles. The molecule has 1 aromatic carbocycles. The van der Waals surface area contributed by atoms with Gasteiger partial charge in [-0.2, -0.15) is 5.10 Å². The lowest BCUT2D eigenvalue weighted by atomic mass is 10.1. The summed E-state index contributed by atoms with van der Waals surface area (Å²) in [5.74, 6) is 1.90. The van der Waals surface area contributed by atoms with Crippen LogP contribution in [0.1, 0.15) is 38.6 Å². The number of nitrogens with zero attached hydrogens (tertiary/aromatic N) is 4. The highest BCUT2D eigenvalue weighted by Crippen LogP contribution is 2.13. The Morgan fingerprint density at radius 1 is 1.30 bits per heavy atom. The van der Waals surface area contributed by atoms with Gasteiger partial charge in [-0.05, 0) is 30.5 Å². The summed E-state index contributed by atoms with van der Waals surface area (Å²) in [5.41, 5.74) is 1.82. The van der Waals surface area contributed by atoms with Crippen molar-refractivity contribution >= 4 is 17.6 Å². The molecule has 0 unspecified atom stereocenters. The molecule has 2 rings (SSSR count). The summed E-state index contributed by atoms with van der Waals surface area (Å²) in [6.07, 6.45) is 2.04. The summed E-state index contributed by atoms with van der Waals surface area (Å²) < 4.78 is 1.72. The van der Waals surface area contributed by atoms with Crippen molar-refractivity contribution in [2.24, 2.45) is 18.0 Å². The highest BCUT2D eigenvalue weighted by Gasteiger charge is 2.06. The third kappa shape index (κ3) is 7.08. The van der Waals surface area contributed by atoms with Crippen molar-refractivity contribution in [2.45, 2.75) is 40.3 Å². The zero-order chi connectivity index (χ0) is 19.6. The monoisotopic (exact) mass is 371 g/mol. The number of aromatic nitrogens is 3. The molecule has 1 heterocycles. The van der Waals surface area contributed by atoms with Crippen molar-refractivity contribution in [1.29, 1.82) is 0 Å². The van der Waals surface area contributed by atoms with E-state index < -0.39 is 0 Å². The molecule has 0 aliphatic carbocycles. The molecular weight excluding hydrogens is 342 g/mol. The summed E-state index contributed by atoms with van der Waals surface area (Å²) in [7, 11) is 1.85. The summed E-state index contributed by atoms with van der Waals surface area (Å²) >= 11 is 0. The van der Waals surface area contributed by atoms with Gasteiger partial charge in [0.05, 0.1) is 13.1 Å². The van der Waals surface area contributed by atoms with Crippen LogP contribution in [0.25, 0.3) is 0 Å². The summed E-state index contributed by atoms with van der Waals surface area (Å²) in [4.78, 5) is 20.7. The van der Waals surface area contributed by atoms with Gasteiger partial charge in [0.25, 0.3) is 0 Å². The van der Waals surface area contributed by atoms with Gasteiger partial charge in [0.15, 0.2) is 5.96 Å². The van der Waals surface area contributed by atoms with Crippen LogP contribution in [0, 0.1) is 5.92 Å². The SMILES string of the molecule is CCNC(=NCc1cccc(NC(=O)CC(C)C)c1)NCc1ncnn1C. The zero-order valence-corrected chi connectivity index (χ0v) is 16.5. The Kier molecular flexibility index (Phi) is 7.79. The van der Waals surface area contributed by atoms with Crippen LogP contribution >= 0.6 is 0 Å². The van der Waals surface area contributed by atoms with Gasteiger partial charge < -0.3 is 16.0 Å². The van der Waals surface area contributed by atoms with Crippen molar-refractivity contribution in [1.82, 2.24) is 25.4 Å². The van der Waals surface area contributed by atoms with Crippen LogP contribution in [0.3, 0.4) is 0 Å². The molecule has 8 heteroatoms. The van der Waals surface area contributed by atoms with Crippen LogP contribution in [-0.2, 0) is 24.9 Å². The predicted molar refractivity (Wildman–Crippen MR) is 107 cm³/mol. The average Bonchev–Trinajstić information content (AvgIpc) is 3.02. The van der Waals surface area contributed by atoms with Crippen LogP contribution in [0.2, 0.25) is 0 Å². The Labute approximate surface area is 160 Å². The lowest BCUT2D eigenvalue weighted by molar-refractivity contribution is -0.116. The molecule has 0 aliphatic rings. The van der Waals surface area contributed by atoms with Crippen molar-refractivity contribution in [2.75, 3.05) is 11.9 Å². The molecule has 0 atom stereocenters. The number of amides is 1. The Morgan fingerprint density at radius 3 is 2.78 bits per heavy atom. The maximum Gasteiger partial charge on any atom is 0.224 e. The Morgan fingerprint density at radius 2 is 2.11 bits per heavy atom. The van der Waals surface area contributed by atoms with E-state index in [-0.39, 0.29) is 5.91 Å². The smallest absolute Gasteiger partial charge is 0.224 e. The third-order valence-electron chi connectivity index (χ3n) is 3.79. The Bertz CT molecular complexity index is 767. The van der Waals surface area contributed by atoms with Crippen LogP contribution in [0.15, 0.2) is 35.6 Å². The fourth-order valence-electron chi connectivity index (χ4n) is 2.49. The molecule has 27 heavy (non-hydrogen) atoms. The van der Waals surface area contributed by atoms with E-state index in [1.54, 1.807) is 4.68 Å². The maximum absolute atomic E-state index is 11.9. The molecule has 8 nitrogen and oxygen atoms in total. The second-order valence-corrected chi connectivity index (χ2v) is 6.70. The first-order valence-corrected chi connectivity index (χ1v) is 9.21. The van der Waals surface area contributed by atoms with Crippen molar-refractivity contribution in [3.63, 3.8) is 0 Å². The van der Waals surface area contributed by atoms with Crippen molar-refractivity contribution in [3.8, 4) is 0 Å². The number of hydrogen-bond acceptors (Lipinski definition) is 4. The molecule has 0 saturated heterocycles. The van der Waals surface area contributed by atoms with Crippen LogP contribution in [0.5, 0.6) is 0 Å². The molecule has 0 fully saturated rings. The number of carbonyl (C=O) groups excluding carboxylic acids is 1. The molecule has 1 amide bonds. The quantitative estimate of drug-likeness (QED) is 0.487. The number of benzene rings is 1. The highest BCUT2D eigenvalue weighted by molar-refractivity contribution is 5.90. The van der Waals surface area contributed by atoms with Gasteiger partial charge >= 0.3 is 0 Å². The molecule has 3 N–H and O–H groups in total. The van der Waals surface area contributed by atoms with Gasteiger partial charge in [0.2, 0.25) is 5.91 Å². The normalized spacial score (nSPS) is 11.5. The van der Waals surface area contributed by atoms with E-state index in [1.807, 2.05) is 52.1 Å². The van der Waals surface area contributed by atoms with Crippen molar-refractivity contribution in [3.05, 3.63) is 42.0 Å². The molecule has 0 bridgehead atoms. The number of guanidine groups is 1. The minimum atomic E-state index is 0.0318. The molecule has 0 radical (unpaired) electrons. The zero-order valence-electron chi connectivity index (χ0n) is 16.5. The Balaban J connectivity index is 1.97. The molecule has 146 valence electrons. The molecular formula is C19H29N7O. The molecule has 1 aromatic heterocycles. The maximum atomic E-state index is 11.9. The lowest BCUT2D eigenvalue weighted by Crippen LogP contribution is -2.37. The number of aliphatic imine (C=N–C) groups is 1. The van der Waals surface area contributed by atoms with E-state index in [4.69, 9.17) is 0 Å². The van der Waals surface area contributed by atoms with E-state index in [0.29, 0.717) is 31.4 Å². The second-order valence-electron chi connectivity index (χ2n) is 6.70. The number of aryl methyl sites for hydroxylation is 1. The fraction of sp³-hybridized carbons (Fsp3) is 0.474. The van der Waals surface area contributed by atoms with Gasteiger partial charge in [0, 0.05) is 25.7 Å². The number of carbonyl (C=O) groups is 1. The highest BCUT2D eigenvalue weighted by atomic mass is 16.1. The summed E-state index contributed by atoms with van der Waals surface area (Å²) in [6, 6.07) is 7.76. The third-order valence-corrected chi connectivity index (χ3v) is 3.79. The van der Waals surface area contributed by atoms with Crippen LogP contribution in [0.4, 0.5) is 5.69 Å². The topological polar surface area (TPSA) is 96.2 Å². The van der Waals surface area contributed by atoms with Gasteiger partial charge in [-0.25, -0.2) is 9.98 Å². The number of rotatable bonds is 8. The second kappa shape index (κ2) is 10.3. The number of nitrogens with one attached hydrogen (secondary N) is 3. The number of hydrogen-bond donors (Lipinski definition) is 3. The standard InChI is InChI=1S/C19H29N7O/c1-5-20-19(22-12-17-23-13-24-26(17)4)21-11-15-7-6-8-16(10-15)25-18(27)9-14(2)3/h6-8,10,13-14H,5,9,11-12H2,1-4H3,(H,25,27)(H2,20,21,22). The first kappa shape index (κ1) is 20.4. The van der Waals surface area contributed by atoms with E-state index >= 15 is 0 Å². The van der Waals surface area contributed by atoms with Crippen molar-refractivity contribution < 1.29 is 4.79 Å². The van der Waals surface area contributed by atoms with E-state index in [2.05, 4.69) is 31.0 Å². The first-order valence-electron chi connectivity index (χ1n) is 9.21. The molecule has 0 aliphatic heterocycles. The Hall–Kier alpha value is -2.90. The van der Waals surface area contributed by atoms with Crippen LogP contribution in [-0.4, -0.2) is 33.2 Å². The lowest BCUT2D eigenvalue weighted by Gasteiger charge is -2.11. The summed E-state index contributed by atoms with van der Waals surface area (Å²) in [6.45, 7) is 7.87. The minimum Gasteiger partial charge on any atom is -0.357 e. The molecule has 0 spiro atoms. The predicted octanol–water partition coefficient (Wildman–Crippen LogP) is 2.05. The fourth-order valence-corrected chi connectivity index (χ4v) is 2.49. The van der Waals surface area contributed by atoms with Gasteiger partial charge in [-0.3, -0.25) is 9.48 Å². The van der Waals surface area contributed by atoms with E-state index in [0.717, 1.165) is 23.6 Å². The average molecular weight is 371 g/mol. The molecule has 2 aromatic rings. The van der Waals surface area contributed by atoms with Gasteiger partial charge in [-0.1, -0.05) is 26.0 Å². The summed E-state index contributed by atoms with van der Waals surface area (Å²) in [5, 5.41) is 13.5. The van der Waals surface area contributed by atoms with E-state index in [1.165, 1.54) is 6.33 Å². The van der Waals surface area contributed by atoms with E-state index in [9.17, 15) is 4.79 Å². The number of anilines is 1.